The fourth-order valence-electron chi connectivity index (χ4n) is 5.97. The van der Waals surface area contributed by atoms with Crippen LogP contribution in [0.25, 0.3) is 16.7 Å². The third-order valence-corrected chi connectivity index (χ3v) is 8.34. The van der Waals surface area contributed by atoms with Crippen molar-refractivity contribution in [3.05, 3.63) is 112 Å². The van der Waals surface area contributed by atoms with Gasteiger partial charge in [-0.05, 0) is 134 Å². The normalized spacial score (nSPS) is 12.4. The second-order valence-corrected chi connectivity index (χ2v) is 12.2. The first-order valence-electron chi connectivity index (χ1n) is 18.2. The second kappa shape index (κ2) is 23.3. The van der Waals surface area contributed by atoms with Gasteiger partial charge in [-0.15, -0.1) is 0 Å². The van der Waals surface area contributed by atoms with Crippen LogP contribution in [-0.4, -0.2) is 18.3 Å². The van der Waals surface area contributed by atoms with Gasteiger partial charge in [-0.1, -0.05) is 122 Å². The van der Waals surface area contributed by atoms with Crippen LogP contribution in [0.4, 0.5) is 0 Å². The quantitative estimate of drug-likeness (QED) is 0.123. The van der Waals surface area contributed by atoms with Crippen LogP contribution < -0.4 is 0 Å². The third-order valence-electron chi connectivity index (χ3n) is 8.34. The Hall–Kier alpha value is -3.10. The highest BCUT2D eigenvalue weighted by Gasteiger charge is 2.23. The summed E-state index contributed by atoms with van der Waals surface area (Å²) in [6.45, 7) is 26.7. The molecule has 0 amide bonds. The van der Waals surface area contributed by atoms with E-state index in [1.165, 1.54) is 87.7 Å². The predicted octanol–water partition coefficient (Wildman–Crippen LogP) is 13.1. The molecule has 254 valence electrons. The summed E-state index contributed by atoms with van der Waals surface area (Å²) < 4.78 is 5.45. The van der Waals surface area contributed by atoms with Gasteiger partial charge in [0.1, 0.15) is 5.76 Å². The van der Waals surface area contributed by atoms with Gasteiger partial charge in [0.05, 0.1) is 0 Å². The maximum absolute atomic E-state index is 9.42. The highest BCUT2D eigenvalue weighted by Crippen LogP contribution is 2.39. The van der Waals surface area contributed by atoms with E-state index >= 15 is 0 Å². The van der Waals surface area contributed by atoms with E-state index in [2.05, 4.69) is 117 Å². The van der Waals surface area contributed by atoms with Crippen molar-refractivity contribution in [2.45, 2.75) is 127 Å². The first-order chi connectivity index (χ1) is 22.2. The zero-order chi connectivity index (χ0) is 34.5. The molecule has 0 atom stereocenters. The molecule has 0 saturated heterocycles. The lowest BCUT2D eigenvalue weighted by Crippen LogP contribution is -2.13. The molecule has 3 aromatic rings. The number of aliphatic hydroxyl groups is 1. The molecule has 0 bridgehead atoms. The molecule has 0 spiro atoms. The van der Waals surface area contributed by atoms with E-state index in [0.717, 1.165) is 38.9 Å². The Morgan fingerprint density at radius 3 is 1.96 bits per heavy atom. The third kappa shape index (κ3) is 13.3. The smallest absolute Gasteiger partial charge is 0.108 e. The van der Waals surface area contributed by atoms with Crippen LogP contribution in [0.3, 0.4) is 0 Å². The Labute approximate surface area is 284 Å². The van der Waals surface area contributed by atoms with E-state index in [4.69, 9.17) is 4.74 Å². The molecule has 1 aliphatic rings. The Morgan fingerprint density at radius 1 is 0.870 bits per heavy atom. The van der Waals surface area contributed by atoms with Gasteiger partial charge in [0.2, 0.25) is 0 Å². The minimum atomic E-state index is 0.162. The molecule has 1 N–H and O–H groups in total. The van der Waals surface area contributed by atoms with Crippen LogP contribution >= 0.6 is 0 Å². The zero-order valence-electron chi connectivity index (χ0n) is 31.2. The van der Waals surface area contributed by atoms with Crippen LogP contribution in [0.15, 0.2) is 73.0 Å². The Kier molecular flexibility index (Phi) is 20.7. The van der Waals surface area contributed by atoms with Crippen LogP contribution in [0.5, 0.6) is 0 Å². The number of rotatable bonds is 12. The van der Waals surface area contributed by atoms with Crippen LogP contribution in [0.1, 0.15) is 126 Å². The fourth-order valence-corrected chi connectivity index (χ4v) is 5.97. The molecule has 46 heavy (non-hydrogen) atoms. The van der Waals surface area contributed by atoms with Crippen molar-refractivity contribution in [1.29, 1.82) is 0 Å². The maximum Gasteiger partial charge on any atom is 0.108 e. The van der Waals surface area contributed by atoms with Gasteiger partial charge in [-0.2, -0.15) is 0 Å². The van der Waals surface area contributed by atoms with Gasteiger partial charge in [0, 0.05) is 13.2 Å². The summed E-state index contributed by atoms with van der Waals surface area (Å²) >= 11 is 0. The summed E-state index contributed by atoms with van der Waals surface area (Å²) in [6.07, 6.45) is 12.4. The van der Waals surface area contributed by atoms with E-state index in [1.807, 2.05) is 19.9 Å². The van der Waals surface area contributed by atoms with Gasteiger partial charge in [0.25, 0.3) is 0 Å². The topological polar surface area (TPSA) is 29.5 Å². The summed E-state index contributed by atoms with van der Waals surface area (Å²) in [5.41, 5.74) is 13.7. The molecule has 0 heterocycles. The SMILES string of the molecule is C=C(O)/C=C(/c1ccc(CCC)cc1)C1CCC1.CC.CCC.CCOCCCc1cc(C)c(-c2cccc(CC)c2C)c(C)c1. The van der Waals surface area contributed by atoms with E-state index in [9.17, 15) is 5.11 Å². The number of hydrogen-bond donors (Lipinski definition) is 1. The van der Waals surface area contributed by atoms with Crippen molar-refractivity contribution in [2.24, 2.45) is 5.92 Å². The van der Waals surface area contributed by atoms with Crippen molar-refractivity contribution in [3.8, 4) is 11.1 Å². The lowest BCUT2D eigenvalue weighted by molar-refractivity contribution is 0.145. The van der Waals surface area contributed by atoms with Crippen molar-refractivity contribution in [1.82, 2.24) is 0 Å². The largest absolute Gasteiger partial charge is 0.509 e. The predicted molar refractivity (Wildman–Crippen MR) is 205 cm³/mol. The van der Waals surface area contributed by atoms with Crippen LogP contribution in [0, 0.1) is 26.7 Å². The number of allylic oxidation sites excluding steroid dienone is 2. The van der Waals surface area contributed by atoms with E-state index in [1.54, 1.807) is 0 Å². The second-order valence-electron chi connectivity index (χ2n) is 12.2. The first kappa shape index (κ1) is 40.9. The maximum atomic E-state index is 9.42. The molecule has 4 rings (SSSR count). The Balaban J connectivity index is 0.000000412. The molecule has 2 nitrogen and oxygen atoms in total. The van der Waals surface area contributed by atoms with E-state index < -0.39 is 0 Å². The summed E-state index contributed by atoms with van der Waals surface area (Å²) in [4.78, 5) is 0. The summed E-state index contributed by atoms with van der Waals surface area (Å²) in [5.74, 6) is 0.764. The van der Waals surface area contributed by atoms with Gasteiger partial charge < -0.3 is 9.84 Å². The number of aliphatic hydroxyl groups excluding tert-OH is 1. The van der Waals surface area contributed by atoms with Gasteiger partial charge in [-0.25, -0.2) is 0 Å². The minimum Gasteiger partial charge on any atom is -0.509 e. The van der Waals surface area contributed by atoms with Crippen LogP contribution in [-0.2, 0) is 24.0 Å². The number of hydrogen-bond acceptors (Lipinski definition) is 2. The molecule has 2 heteroatoms. The van der Waals surface area contributed by atoms with E-state index in [0.29, 0.717) is 5.92 Å². The first-order valence-corrected chi connectivity index (χ1v) is 18.2. The van der Waals surface area contributed by atoms with Gasteiger partial charge >= 0.3 is 0 Å². The van der Waals surface area contributed by atoms with Gasteiger partial charge in [-0.3, -0.25) is 0 Å². The summed E-state index contributed by atoms with van der Waals surface area (Å²) in [7, 11) is 0. The van der Waals surface area contributed by atoms with Crippen molar-refractivity contribution in [2.75, 3.05) is 13.2 Å². The summed E-state index contributed by atoms with van der Waals surface area (Å²) in [6, 6.07) is 20.2. The molecule has 1 saturated carbocycles. The molecule has 1 fully saturated rings. The molecular formula is C44H66O2. The van der Waals surface area contributed by atoms with Crippen molar-refractivity contribution < 1.29 is 9.84 Å². The molecule has 0 radical (unpaired) electrons. The monoisotopic (exact) mass is 627 g/mol. The van der Waals surface area contributed by atoms with Gasteiger partial charge in [0.15, 0.2) is 0 Å². The lowest BCUT2D eigenvalue weighted by atomic mass is 9.76. The highest BCUT2D eigenvalue weighted by molar-refractivity contribution is 5.75. The number of benzene rings is 3. The lowest BCUT2D eigenvalue weighted by Gasteiger charge is -2.28. The minimum absolute atomic E-state index is 0.162. The Morgan fingerprint density at radius 2 is 1.48 bits per heavy atom. The van der Waals surface area contributed by atoms with Crippen molar-refractivity contribution >= 4 is 5.57 Å². The number of aryl methyl sites for hydroxylation is 5. The molecule has 0 aliphatic heterocycles. The summed E-state index contributed by atoms with van der Waals surface area (Å²) in [5, 5.41) is 9.42. The Bertz CT molecular complexity index is 1290. The molecule has 0 aromatic heterocycles. The molecule has 0 unspecified atom stereocenters. The fraction of sp³-hybridized carbons (Fsp3) is 0.500. The van der Waals surface area contributed by atoms with E-state index in [-0.39, 0.29) is 5.76 Å². The molecule has 1 aliphatic carbocycles. The van der Waals surface area contributed by atoms with Crippen molar-refractivity contribution in [3.63, 3.8) is 0 Å². The zero-order valence-corrected chi connectivity index (χ0v) is 31.2. The molecule has 3 aromatic carbocycles. The van der Waals surface area contributed by atoms with Crippen LogP contribution in [0.2, 0.25) is 0 Å². The highest BCUT2D eigenvalue weighted by atomic mass is 16.5. The molecular weight excluding hydrogens is 560 g/mol. The number of ether oxygens (including phenoxy) is 1. The average Bonchev–Trinajstić information content (AvgIpc) is 3.01. The average molecular weight is 627 g/mol. The standard InChI is InChI=1S/C22H30O.C17H22O.C3H8.C2H6/c1-6-20-11-8-12-21(18(20)5)22-16(3)14-19(15-17(22)4)10-9-13-23-7-2;1-3-5-14-8-10-16(11-9-14)17(12-13(2)18)15-6-4-7-15;1-3-2;1-2/h8,11-12,14-15H,6-7,9-10,13H2,1-5H3;8-12,15,18H,2-7H2,1H3;3H2,1-2H3;1-2H3/b;17-12+;;.